The molecule has 0 aliphatic carbocycles. The second-order valence-corrected chi connectivity index (χ2v) is 5.17. The Labute approximate surface area is 117 Å². The van der Waals surface area contributed by atoms with E-state index in [1.807, 2.05) is 6.07 Å². The predicted octanol–water partition coefficient (Wildman–Crippen LogP) is 3.57. The van der Waals surface area contributed by atoms with Gasteiger partial charge in [-0.3, -0.25) is 4.90 Å². The minimum Gasteiger partial charge on any atom is -0.395 e. The monoisotopic (exact) mass is 317 g/mol. The molecule has 1 aromatic rings. The van der Waals surface area contributed by atoms with E-state index in [2.05, 4.69) is 34.7 Å². The van der Waals surface area contributed by atoms with Crippen LogP contribution in [0.15, 0.2) is 22.7 Å². The van der Waals surface area contributed by atoms with Gasteiger partial charge >= 0.3 is 0 Å². The van der Waals surface area contributed by atoms with Crippen molar-refractivity contribution in [2.45, 2.75) is 39.3 Å². The summed E-state index contributed by atoms with van der Waals surface area (Å²) in [5.74, 6) is -0.235. The molecule has 0 fully saturated rings. The van der Waals surface area contributed by atoms with Crippen LogP contribution in [0.2, 0.25) is 0 Å². The van der Waals surface area contributed by atoms with E-state index in [0.29, 0.717) is 23.6 Å². The first-order valence-electron chi connectivity index (χ1n) is 6.41. The molecule has 0 radical (unpaired) electrons. The summed E-state index contributed by atoms with van der Waals surface area (Å²) in [4.78, 5) is 2.21. The lowest BCUT2D eigenvalue weighted by Crippen LogP contribution is -2.36. The highest BCUT2D eigenvalue weighted by Crippen LogP contribution is 2.23. The lowest BCUT2D eigenvalue weighted by atomic mass is 10.1. The molecule has 0 aromatic heterocycles. The maximum atomic E-state index is 13.5. The van der Waals surface area contributed by atoms with E-state index < -0.39 is 0 Å². The molecule has 0 amide bonds. The first-order chi connectivity index (χ1) is 8.63. The van der Waals surface area contributed by atoms with Crippen LogP contribution in [0, 0.1) is 5.82 Å². The SMILES string of the molecule is CCC(CC)N(CCO)Cc1cccc(F)c1Br. The summed E-state index contributed by atoms with van der Waals surface area (Å²) in [5, 5.41) is 9.15. The summed E-state index contributed by atoms with van der Waals surface area (Å²) in [6.45, 7) is 5.68. The summed E-state index contributed by atoms with van der Waals surface area (Å²) in [5.41, 5.74) is 0.926. The van der Waals surface area contributed by atoms with Crippen LogP contribution in [0.25, 0.3) is 0 Å². The predicted molar refractivity (Wildman–Crippen MR) is 76.0 cm³/mol. The van der Waals surface area contributed by atoms with Gasteiger partial charge in [0.2, 0.25) is 0 Å². The van der Waals surface area contributed by atoms with Gasteiger partial charge in [-0.05, 0) is 40.4 Å². The Morgan fingerprint density at radius 3 is 2.56 bits per heavy atom. The molecule has 0 saturated heterocycles. The average Bonchev–Trinajstić information content (AvgIpc) is 2.36. The topological polar surface area (TPSA) is 23.5 Å². The molecule has 0 bridgehead atoms. The van der Waals surface area contributed by atoms with E-state index in [9.17, 15) is 4.39 Å². The summed E-state index contributed by atoms with van der Waals surface area (Å²) in [6.07, 6.45) is 2.06. The Bertz CT molecular complexity index is 369. The molecule has 0 spiro atoms. The molecular formula is C14H21BrFNO. The summed E-state index contributed by atoms with van der Waals surface area (Å²) >= 11 is 3.29. The molecule has 2 nitrogen and oxygen atoms in total. The highest BCUT2D eigenvalue weighted by molar-refractivity contribution is 9.10. The van der Waals surface area contributed by atoms with E-state index >= 15 is 0 Å². The fraction of sp³-hybridized carbons (Fsp3) is 0.571. The first kappa shape index (κ1) is 15.6. The molecule has 0 heterocycles. The third-order valence-corrected chi connectivity index (χ3v) is 4.14. The van der Waals surface area contributed by atoms with Gasteiger partial charge in [-0.15, -0.1) is 0 Å². The van der Waals surface area contributed by atoms with Crippen molar-refractivity contribution in [3.8, 4) is 0 Å². The van der Waals surface area contributed by atoms with Gasteiger partial charge in [0.15, 0.2) is 0 Å². The van der Waals surface area contributed by atoms with Crippen molar-refractivity contribution in [2.24, 2.45) is 0 Å². The van der Waals surface area contributed by atoms with Gasteiger partial charge in [-0.1, -0.05) is 26.0 Å². The number of benzene rings is 1. The van der Waals surface area contributed by atoms with E-state index in [4.69, 9.17) is 5.11 Å². The number of hydrogen-bond acceptors (Lipinski definition) is 2. The molecule has 1 rings (SSSR count). The van der Waals surface area contributed by atoms with Gasteiger partial charge < -0.3 is 5.11 Å². The molecule has 0 aliphatic heterocycles. The number of aliphatic hydroxyl groups is 1. The van der Waals surface area contributed by atoms with Crippen molar-refractivity contribution in [3.05, 3.63) is 34.1 Å². The molecule has 0 atom stereocenters. The van der Waals surface area contributed by atoms with Gasteiger partial charge in [0.1, 0.15) is 5.82 Å². The van der Waals surface area contributed by atoms with Gasteiger partial charge in [0.05, 0.1) is 11.1 Å². The number of nitrogens with zero attached hydrogens (tertiary/aromatic N) is 1. The zero-order chi connectivity index (χ0) is 13.5. The Kier molecular flexibility index (Phi) is 6.82. The van der Waals surface area contributed by atoms with Crippen molar-refractivity contribution in [1.29, 1.82) is 0 Å². The van der Waals surface area contributed by atoms with Crippen LogP contribution in [0.1, 0.15) is 32.3 Å². The lowest BCUT2D eigenvalue weighted by molar-refractivity contribution is 0.136. The zero-order valence-electron chi connectivity index (χ0n) is 11.0. The van der Waals surface area contributed by atoms with Gasteiger partial charge in [-0.2, -0.15) is 0 Å². The van der Waals surface area contributed by atoms with E-state index in [-0.39, 0.29) is 12.4 Å². The third kappa shape index (κ3) is 4.04. The van der Waals surface area contributed by atoms with Crippen LogP contribution in [0.5, 0.6) is 0 Å². The van der Waals surface area contributed by atoms with Crippen molar-refractivity contribution in [2.75, 3.05) is 13.2 Å². The Balaban J connectivity index is 2.85. The summed E-state index contributed by atoms with van der Waals surface area (Å²) in [6, 6.07) is 5.51. The minimum atomic E-state index is -0.235. The molecular weight excluding hydrogens is 297 g/mol. The maximum absolute atomic E-state index is 13.5. The lowest BCUT2D eigenvalue weighted by Gasteiger charge is -2.30. The normalized spacial score (nSPS) is 11.5. The molecule has 0 unspecified atom stereocenters. The van der Waals surface area contributed by atoms with Crippen molar-refractivity contribution in [1.82, 2.24) is 4.90 Å². The van der Waals surface area contributed by atoms with Crippen molar-refractivity contribution < 1.29 is 9.50 Å². The van der Waals surface area contributed by atoms with Crippen LogP contribution in [0.3, 0.4) is 0 Å². The molecule has 4 heteroatoms. The maximum Gasteiger partial charge on any atom is 0.137 e. The zero-order valence-corrected chi connectivity index (χ0v) is 12.6. The van der Waals surface area contributed by atoms with Crippen LogP contribution in [-0.4, -0.2) is 29.2 Å². The Morgan fingerprint density at radius 1 is 1.33 bits per heavy atom. The minimum absolute atomic E-state index is 0.128. The van der Waals surface area contributed by atoms with Gasteiger partial charge in [-0.25, -0.2) is 4.39 Å². The largest absolute Gasteiger partial charge is 0.395 e. The summed E-state index contributed by atoms with van der Waals surface area (Å²) < 4.78 is 14.0. The summed E-state index contributed by atoms with van der Waals surface area (Å²) in [7, 11) is 0. The Morgan fingerprint density at radius 2 is 2.00 bits per heavy atom. The van der Waals surface area contributed by atoms with Crippen molar-refractivity contribution in [3.63, 3.8) is 0 Å². The van der Waals surface area contributed by atoms with Crippen LogP contribution < -0.4 is 0 Å². The molecule has 1 aromatic carbocycles. The van der Waals surface area contributed by atoms with Crippen LogP contribution in [0.4, 0.5) is 4.39 Å². The second-order valence-electron chi connectivity index (χ2n) is 4.38. The number of halogens is 2. The van der Waals surface area contributed by atoms with Gasteiger partial charge in [0.25, 0.3) is 0 Å². The molecule has 102 valence electrons. The van der Waals surface area contributed by atoms with Crippen molar-refractivity contribution >= 4 is 15.9 Å². The van der Waals surface area contributed by atoms with E-state index in [1.165, 1.54) is 6.07 Å². The molecule has 0 saturated carbocycles. The highest BCUT2D eigenvalue weighted by atomic mass is 79.9. The number of hydrogen-bond donors (Lipinski definition) is 1. The number of aliphatic hydroxyl groups excluding tert-OH is 1. The standard InChI is InChI=1S/C14H21BrFNO/c1-3-12(4-2)17(8-9-18)10-11-6-5-7-13(16)14(11)15/h5-7,12,18H,3-4,8-10H2,1-2H3. The van der Waals surface area contributed by atoms with Crippen LogP contribution in [-0.2, 0) is 6.54 Å². The van der Waals surface area contributed by atoms with Crippen LogP contribution >= 0.6 is 15.9 Å². The molecule has 1 N–H and O–H groups in total. The third-order valence-electron chi connectivity index (χ3n) is 3.25. The fourth-order valence-electron chi connectivity index (χ4n) is 2.21. The highest BCUT2D eigenvalue weighted by Gasteiger charge is 2.16. The quantitative estimate of drug-likeness (QED) is 0.831. The van der Waals surface area contributed by atoms with E-state index in [1.54, 1.807) is 6.07 Å². The van der Waals surface area contributed by atoms with Gasteiger partial charge in [0, 0.05) is 19.1 Å². The Hall–Kier alpha value is -0.450. The molecule has 0 aliphatic rings. The smallest absolute Gasteiger partial charge is 0.137 e. The fourth-order valence-corrected chi connectivity index (χ4v) is 2.60. The number of rotatable bonds is 7. The first-order valence-corrected chi connectivity index (χ1v) is 7.21. The molecule has 18 heavy (non-hydrogen) atoms. The second kappa shape index (κ2) is 7.87. The average molecular weight is 318 g/mol. The van der Waals surface area contributed by atoms with E-state index in [0.717, 1.165) is 18.4 Å².